The second-order valence-corrected chi connectivity index (χ2v) is 6.42. The number of amides is 1. The molecule has 2 unspecified atom stereocenters. The molecule has 1 aliphatic carbocycles. The van der Waals surface area contributed by atoms with E-state index in [9.17, 15) is 4.79 Å². The van der Waals surface area contributed by atoms with Gasteiger partial charge in [0.15, 0.2) is 0 Å². The van der Waals surface area contributed by atoms with Crippen LogP contribution >= 0.6 is 12.4 Å². The smallest absolute Gasteiger partial charge is 0.222 e. The minimum absolute atomic E-state index is 0. The van der Waals surface area contributed by atoms with Gasteiger partial charge < -0.3 is 11.1 Å². The van der Waals surface area contributed by atoms with Crippen LogP contribution in [-0.2, 0) is 11.2 Å². The van der Waals surface area contributed by atoms with Crippen molar-refractivity contribution in [1.82, 2.24) is 5.32 Å². The largest absolute Gasteiger partial charge is 0.353 e. The average Bonchev–Trinajstić information content (AvgIpc) is 3.41. The minimum atomic E-state index is -0.243. The third-order valence-electron chi connectivity index (χ3n) is 4.47. The normalized spacial score (nSPS) is 15.9. The molecule has 1 fully saturated rings. The van der Waals surface area contributed by atoms with Gasteiger partial charge in [0.1, 0.15) is 0 Å². The van der Waals surface area contributed by atoms with Crippen molar-refractivity contribution in [3.8, 4) is 0 Å². The van der Waals surface area contributed by atoms with E-state index in [2.05, 4.69) is 17.4 Å². The van der Waals surface area contributed by atoms with Crippen molar-refractivity contribution < 1.29 is 4.79 Å². The van der Waals surface area contributed by atoms with Gasteiger partial charge in [-0.15, -0.1) is 12.4 Å². The number of nitrogens with two attached hydrogens (primary N) is 1. The Labute approximate surface area is 150 Å². The third kappa shape index (κ3) is 5.36. The van der Waals surface area contributed by atoms with E-state index in [1.807, 2.05) is 48.5 Å². The Bertz CT molecular complexity index is 629. The molecule has 0 aliphatic heterocycles. The van der Waals surface area contributed by atoms with E-state index in [1.165, 1.54) is 18.4 Å². The quantitative estimate of drug-likeness (QED) is 0.805. The SMILES string of the molecule is Cl.NC(CC(=O)NC(Cc1ccccc1)C1CC1)c1ccccc1. The van der Waals surface area contributed by atoms with E-state index >= 15 is 0 Å². The number of carbonyl (C=O) groups is 1. The third-order valence-corrected chi connectivity index (χ3v) is 4.47. The predicted molar refractivity (Wildman–Crippen MR) is 100 cm³/mol. The van der Waals surface area contributed by atoms with Crippen LogP contribution in [0.4, 0.5) is 0 Å². The number of rotatable bonds is 7. The van der Waals surface area contributed by atoms with E-state index < -0.39 is 0 Å². The van der Waals surface area contributed by atoms with E-state index in [4.69, 9.17) is 5.73 Å². The lowest BCUT2D eigenvalue weighted by Crippen LogP contribution is -2.39. The Kier molecular flexibility index (Phi) is 6.83. The van der Waals surface area contributed by atoms with Gasteiger partial charge in [0, 0.05) is 18.5 Å². The van der Waals surface area contributed by atoms with Crippen LogP contribution in [0.25, 0.3) is 0 Å². The van der Waals surface area contributed by atoms with Crippen LogP contribution < -0.4 is 11.1 Å². The highest BCUT2D eigenvalue weighted by Gasteiger charge is 2.32. The zero-order chi connectivity index (χ0) is 16.1. The van der Waals surface area contributed by atoms with Gasteiger partial charge in [-0.05, 0) is 36.3 Å². The summed E-state index contributed by atoms with van der Waals surface area (Å²) in [5, 5.41) is 3.21. The van der Waals surface area contributed by atoms with Crippen LogP contribution in [0.1, 0.15) is 36.4 Å². The number of benzene rings is 2. The molecule has 1 amide bonds. The Morgan fingerprint density at radius 2 is 1.62 bits per heavy atom. The fourth-order valence-corrected chi connectivity index (χ4v) is 2.99. The molecule has 0 bridgehead atoms. The molecule has 1 saturated carbocycles. The maximum absolute atomic E-state index is 12.4. The molecule has 1 aliphatic rings. The molecule has 3 nitrogen and oxygen atoms in total. The van der Waals surface area contributed by atoms with Gasteiger partial charge in [0.05, 0.1) is 0 Å². The van der Waals surface area contributed by atoms with Crippen molar-refractivity contribution in [2.75, 3.05) is 0 Å². The molecule has 3 N–H and O–H groups in total. The average molecular weight is 345 g/mol. The number of carbonyl (C=O) groups excluding carboxylic acids is 1. The Hall–Kier alpha value is -1.84. The van der Waals surface area contributed by atoms with Gasteiger partial charge in [-0.1, -0.05) is 60.7 Å². The van der Waals surface area contributed by atoms with E-state index in [1.54, 1.807) is 0 Å². The summed E-state index contributed by atoms with van der Waals surface area (Å²) in [5.74, 6) is 0.668. The molecule has 2 aromatic carbocycles. The standard InChI is InChI=1S/C20H24N2O.ClH/c21-18(16-9-5-2-6-10-16)14-20(23)22-19(17-11-12-17)13-15-7-3-1-4-8-15;/h1-10,17-19H,11-14,21H2,(H,22,23);1H. The summed E-state index contributed by atoms with van der Waals surface area (Å²) >= 11 is 0. The fraction of sp³-hybridized carbons (Fsp3) is 0.350. The molecule has 0 spiro atoms. The first kappa shape index (κ1) is 18.5. The van der Waals surface area contributed by atoms with Crippen molar-refractivity contribution in [3.63, 3.8) is 0 Å². The Morgan fingerprint density at radius 3 is 2.21 bits per heavy atom. The van der Waals surface area contributed by atoms with Crippen LogP contribution in [0, 0.1) is 5.92 Å². The second kappa shape index (κ2) is 8.86. The van der Waals surface area contributed by atoms with Gasteiger partial charge in [0.2, 0.25) is 5.91 Å². The van der Waals surface area contributed by atoms with E-state index in [0.29, 0.717) is 12.3 Å². The van der Waals surface area contributed by atoms with Crippen LogP contribution in [0.2, 0.25) is 0 Å². The molecule has 0 heterocycles. The Balaban J connectivity index is 0.00000208. The molecule has 2 aromatic rings. The molecular weight excluding hydrogens is 320 g/mol. The molecular formula is C20H25ClN2O. The van der Waals surface area contributed by atoms with Crippen molar-refractivity contribution in [3.05, 3.63) is 71.8 Å². The highest BCUT2D eigenvalue weighted by Crippen LogP contribution is 2.34. The van der Waals surface area contributed by atoms with Gasteiger partial charge in [-0.2, -0.15) is 0 Å². The zero-order valence-electron chi connectivity index (χ0n) is 13.7. The first-order valence-corrected chi connectivity index (χ1v) is 8.36. The number of hydrogen-bond donors (Lipinski definition) is 2. The van der Waals surface area contributed by atoms with E-state index in [-0.39, 0.29) is 30.4 Å². The summed E-state index contributed by atoms with van der Waals surface area (Å²) in [7, 11) is 0. The van der Waals surface area contributed by atoms with Gasteiger partial charge in [-0.25, -0.2) is 0 Å². The molecule has 4 heteroatoms. The molecule has 0 saturated heterocycles. The maximum atomic E-state index is 12.4. The minimum Gasteiger partial charge on any atom is -0.353 e. The first-order chi connectivity index (χ1) is 11.2. The van der Waals surface area contributed by atoms with Gasteiger partial charge in [0.25, 0.3) is 0 Å². The lowest BCUT2D eigenvalue weighted by atomic mass is 10.0. The molecule has 0 radical (unpaired) electrons. The lowest BCUT2D eigenvalue weighted by molar-refractivity contribution is -0.122. The summed E-state index contributed by atoms with van der Waals surface area (Å²) in [4.78, 5) is 12.4. The predicted octanol–water partition coefficient (Wildman–Crippen LogP) is 3.64. The Morgan fingerprint density at radius 1 is 1.04 bits per heavy atom. The molecule has 2 atom stereocenters. The van der Waals surface area contributed by atoms with Crippen LogP contribution in [0.3, 0.4) is 0 Å². The molecule has 24 heavy (non-hydrogen) atoms. The second-order valence-electron chi connectivity index (χ2n) is 6.42. The number of halogens is 1. The topological polar surface area (TPSA) is 55.1 Å². The van der Waals surface area contributed by atoms with Crippen molar-refractivity contribution in [2.45, 2.75) is 37.8 Å². The van der Waals surface area contributed by atoms with Crippen molar-refractivity contribution in [2.24, 2.45) is 11.7 Å². The molecule has 3 rings (SSSR count). The first-order valence-electron chi connectivity index (χ1n) is 8.36. The monoisotopic (exact) mass is 344 g/mol. The van der Waals surface area contributed by atoms with E-state index in [0.717, 1.165) is 12.0 Å². The van der Waals surface area contributed by atoms with Crippen LogP contribution in [0.5, 0.6) is 0 Å². The van der Waals surface area contributed by atoms with Gasteiger partial charge in [-0.3, -0.25) is 4.79 Å². The van der Waals surface area contributed by atoms with Crippen molar-refractivity contribution >= 4 is 18.3 Å². The molecule has 0 aromatic heterocycles. The maximum Gasteiger partial charge on any atom is 0.222 e. The van der Waals surface area contributed by atoms with Crippen molar-refractivity contribution in [1.29, 1.82) is 0 Å². The summed E-state index contributed by atoms with van der Waals surface area (Å²) in [6.07, 6.45) is 3.66. The summed E-state index contributed by atoms with van der Waals surface area (Å²) < 4.78 is 0. The summed E-state index contributed by atoms with van der Waals surface area (Å²) in [6, 6.07) is 20.2. The fourth-order valence-electron chi connectivity index (χ4n) is 2.99. The summed E-state index contributed by atoms with van der Waals surface area (Å²) in [5.41, 5.74) is 8.44. The number of nitrogens with one attached hydrogen (secondary N) is 1. The van der Waals surface area contributed by atoms with Gasteiger partial charge >= 0.3 is 0 Å². The zero-order valence-corrected chi connectivity index (χ0v) is 14.5. The highest BCUT2D eigenvalue weighted by molar-refractivity contribution is 5.85. The lowest BCUT2D eigenvalue weighted by Gasteiger charge is -2.20. The van der Waals surface area contributed by atoms with Crippen LogP contribution in [-0.4, -0.2) is 11.9 Å². The highest BCUT2D eigenvalue weighted by atomic mass is 35.5. The molecule has 128 valence electrons. The van der Waals surface area contributed by atoms with Crippen LogP contribution in [0.15, 0.2) is 60.7 Å². The number of hydrogen-bond acceptors (Lipinski definition) is 2. The summed E-state index contributed by atoms with van der Waals surface area (Å²) in [6.45, 7) is 0.